The fourth-order valence-corrected chi connectivity index (χ4v) is 4.14. The lowest BCUT2D eigenvalue weighted by Gasteiger charge is -2.22. The second-order valence-electron chi connectivity index (χ2n) is 8.07. The molecule has 4 N–H and O–H groups in total. The summed E-state index contributed by atoms with van der Waals surface area (Å²) in [5, 5.41) is 13.0. The predicted molar refractivity (Wildman–Crippen MR) is 117 cm³/mol. The second-order valence-corrected chi connectivity index (χ2v) is 8.07. The Morgan fingerprint density at radius 1 is 1.23 bits per heavy atom. The number of amides is 2. The van der Waals surface area contributed by atoms with E-state index in [2.05, 4.69) is 22.4 Å². The molecule has 1 fully saturated rings. The number of nitrogens with zero attached hydrogens (tertiary/aromatic N) is 4. The van der Waals surface area contributed by atoms with Crippen LogP contribution in [0.25, 0.3) is 0 Å². The van der Waals surface area contributed by atoms with Gasteiger partial charge >= 0.3 is 12.0 Å². The fraction of sp³-hybridized carbons (Fsp3) is 0.455. The molecule has 2 aliphatic heterocycles. The van der Waals surface area contributed by atoms with Crippen molar-refractivity contribution in [2.24, 2.45) is 0 Å². The van der Waals surface area contributed by atoms with E-state index in [4.69, 9.17) is 10.7 Å². The van der Waals surface area contributed by atoms with Gasteiger partial charge in [-0.1, -0.05) is 12.1 Å². The fourth-order valence-electron chi connectivity index (χ4n) is 4.14. The number of hydrogen-bond acceptors (Lipinski definition) is 6. The van der Waals surface area contributed by atoms with Crippen LogP contribution < -0.4 is 11.1 Å². The number of fused-ring (bicyclic) bond motifs is 1. The van der Waals surface area contributed by atoms with Gasteiger partial charge in [0, 0.05) is 44.6 Å². The summed E-state index contributed by atoms with van der Waals surface area (Å²) in [6.45, 7) is 2.83. The summed E-state index contributed by atoms with van der Waals surface area (Å²) in [6.07, 6.45) is 5.28. The van der Waals surface area contributed by atoms with Gasteiger partial charge in [-0.05, 0) is 48.9 Å². The summed E-state index contributed by atoms with van der Waals surface area (Å²) in [6, 6.07) is 7.33. The van der Waals surface area contributed by atoms with E-state index in [9.17, 15) is 14.7 Å². The van der Waals surface area contributed by atoms with Crippen molar-refractivity contribution >= 4 is 23.6 Å². The Bertz CT molecular complexity index is 949. The van der Waals surface area contributed by atoms with Crippen LogP contribution in [0.5, 0.6) is 0 Å². The Kier molecular flexibility index (Phi) is 6.20. The normalized spacial score (nSPS) is 16.7. The Balaban J connectivity index is 1.30. The number of rotatable bonds is 8. The second kappa shape index (κ2) is 9.20. The first kappa shape index (κ1) is 20.9. The van der Waals surface area contributed by atoms with Crippen molar-refractivity contribution in [2.75, 3.05) is 43.8 Å². The molecule has 9 nitrogen and oxygen atoms in total. The van der Waals surface area contributed by atoms with Gasteiger partial charge in [-0.15, -0.1) is 0 Å². The lowest BCUT2D eigenvalue weighted by Crippen LogP contribution is -2.36. The molecule has 0 bridgehead atoms. The Labute approximate surface area is 181 Å². The first-order valence-corrected chi connectivity index (χ1v) is 10.7. The molecule has 9 heteroatoms. The van der Waals surface area contributed by atoms with Crippen LogP contribution >= 0.6 is 0 Å². The zero-order chi connectivity index (χ0) is 21.8. The van der Waals surface area contributed by atoms with Crippen molar-refractivity contribution in [1.29, 1.82) is 0 Å². The summed E-state index contributed by atoms with van der Waals surface area (Å²) in [5.74, 6) is -0.487. The Morgan fingerprint density at radius 3 is 2.84 bits per heavy atom. The summed E-state index contributed by atoms with van der Waals surface area (Å²) < 4.78 is 0. The van der Waals surface area contributed by atoms with E-state index in [1.165, 1.54) is 11.8 Å². The van der Waals surface area contributed by atoms with Crippen LogP contribution in [0.3, 0.4) is 0 Å². The number of carboxylic acid groups (broad SMARTS) is 1. The van der Waals surface area contributed by atoms with E-state index in [-0.39, 0.29) is 12.6 Å². The summed E-state index contributed by atoms with van der Waals surface area (Å²) >= 11 is 0. The van der Waals surface area contributed by atoms with Crippen molar-refractivity contribution in [3.63, 3.8) is 0 Å². The zero-order valence-electron chi connectivity index (χ0n) is 17.5. The van der Waals surface area contributed by atoms with Crippen molar-refractivity contribution < 1.29 is 14.7 Å². The minimum atomic E-state index is -0.982. The highest BCUT2D eigenvalue weighted by molar-refractivity contribution is 5.80. The van der Waals surface area contributed by atoms with Crippen molar-refractivity contribution in [1.82, 2.24) is 19.8 Å². The zero-order valence-corrected chi connectivity index (χ0v) is 17.5. The van der Waals surface area contributed by atoms with Gasteiger partial charge in [-0.25, -0.2) is 14.8 Å². The highest BCUT2D eigenvalue weighted by Gasteiger charge is 2.32. The molecule has 0 spiro atoms. The summed E-state index contributed by atoms with van der Waals surface area (Å²) in [7, 11) is 0. The lowest BCUT2D eigenvalue weighted by molar-refractivity contribution is -0.139. The smallest absolute Gasteiger partial charge is 0.320 e. The SMILES string of the molecule is Nc1ccc([C@H](CN2CCN(CCCc3ccc4c(n3)NCCC4)C2=O)C(=O)O)cn1. The maximum absolute atomic E-state index is 12.8. The number of urea groups is 1. The summed E-state index contributed by atoms with van der Waals surface area (Å²) in [5.41, 5.74) is 8.43. The van der Waals surface area contributed by atoms with E-state index in [0.717, 1.165) is 43.7 Å². The maximum Gasteiger partial charge on any atom is 0.320 e. The molecule has 31 heavy (non-hydrogen) atoms. The van der Waals surface area contributed by atoms with Gasteiger partial charge in [0.15, 0.2) is 0 Å². The number of aromatic nitrogens is 2. The quantitative estimate of drug-likeness (QED) is 0.591. The molecule has 164 valence electrons. The third kappa shape index (κ3) is 4.87. The molecule has 0 unspecified atom stereocenters. The van der Waals surface area contributed by atoms with Gasteiger partial charge in [0.1, 0.15) is 17.6 Å². The Hall–Kier alpha value is -3.36. The molecular weight excluding hydrogens is 396 g/mol. The number of aryl methyl sites for hydroxylation is 2. The molecule has 1 saturated heterocycles. The first-order chi connectivity index (χ1) is 15.0. The highest BCUT2D eigenvalue weighted by Crippen LogP contribution is 2.22. The monoisotopic (exact) mass is 424 g/mol. The Morgan fingerprint density at radius 2 is 2.06 bits per heavy atom. The molecule has 0 radical (unpaired) electrons. The standard InChI is InChI=1S/C22H28N6O3/c23-19-8-6-16(13-25-19)18(21(29)30)14-28-12-11-27(22(28)31)10-2-4-17-7-5-15-3-1-9-24-20(15)26-17/h5-8,13,18H,1-4,9-12,14H2,(H2,23,25)(H,24,26)(H,29,30)/t18-/m0/s1. The molecule has 0 aromatic carbocycles. The van der Waals surface area contributed by atoms with E-state index >= 15 is 0 Å². The minimum Gasteiger partial charge on any atom is -0.481 e. The van der Waals surface area contributed by atoms with Gasteiger partial charge < -0.3 is 26.0 Å². The molecule has 4 heterocycles. The number of nitrogens with two attached hydrogens (primary N) is 1. The number of carbonyl (C=O) groups is 2. The molecule has 0 aliphatic carbocycles. The van der Waals surface area contributed by atoms with Gasteiger partial charge in [0.2, 0.25) is 0 Å². The molecule has 1 atom stereocenters. The van der Waals surface area contributed by atoms with Crippen LogP contribution in [0, 0.1) is 0 Å². The summed E-state index contributed by atoms with van der Waals surface area (Å²) in [4.78, 5) is 36.6. The number of nitrogen functional groups attached to an aromatic ring is 1. The molecule has 0 saturated carbocycles. The van der Waals surface area contributed by atoms with Crippen LogP contribution in [-0.2, 0) is 17.6 Å². The van der Waals surface area contributed by atoms with Gasteiger partial charge in [-0.3, -0.25) is 4.79 Å². The van der Waals surface area contributed by atoms with Gasteiger partial charge in [0.05, 0.1) is 0 Å². The van der Waals surface area contributed by atoms with Crippen molar-refractivity contribution in [3.8, 4) is 0 Å². The van der Waals surface area contributed by atoms with Crippen LogP contribution in [0.1, 0.15) is 35.6 Å². The van der Waals surface area contributed by atoms with Gasteiger partial charge in [0.25, 0.3) is 0 Å². The van der Waals surface area contributed by atoms with Crippen LogP contribution in [0.2, 0.25) is 0 Å². The predicted octanol–water partition coefficient (Wildman–Crippen LogP) is 1.96. The molecule has 2 aromatic heterocycles. The van der Waals surface area contributed by atoms with E-state index in [0.29, 0.717) is 31.0 Å². The number of nitrogens with one attached hydrogen (secondary N) is 1. The number of aliphatic carboxylic acids is 1. The van der Waals surface area contributed by atoms with E-state index in [1.807, 2.05) is 0 Å². The number of anilines is 2. The first-order valence-electron chi connectivity index (χ1n) is 10.7. The van der Waals surface area contributed by atoms with Crippen molar-refractivity contribution in [3.05, 3.63) is 47.3 Å². The molecule has 2 amide bonds. The topological polar surface area (TPSA) is 125 Å². The molecule has 2 aromatic rings. The average Bonchev–Trinajstić information content (AvgIpc) is 3.12. The molecule has 4 rings (SSSR count). The number of carboxylic acids is 1. The van der Waals surface area contributed by atoms with Crippen LogP contribution in [0.15, 0.2) is 30.5 Å². The maximum atomic E-state index is 12.8. The minimum absolute atomic E-state index is 0.116. The highest BCUT2D eigenvalue weighted by atomic mass is 16.4. The lowest BCUT2D eigenvalue weighted by atomic mass is 10.0. The number of hydrogen-bond donors (Lipinski definition) is 3. The largest absolute Gasteiger partial charge is 0.481 e. The van der Waals surface area contributed by atoms with E-state index < -0.39 is 11.9 Å². The third-order valence-corrected chi connectivity index (χ3v) is 5.91. The average molecular weight is 425 g/mol. The number of pyridine rings is 2. The molecule has 2 aliphatic rings. The van der Waals surface area contributed by atoms with Crippen molar-refractivity contribution in [2.45, 2.75) is 31.6 Å². The van der Waals surface area contributed by atoms with Crippen LogP contribution in [0.4, 0.5) is 16.4 Å². The number of carbonyl (C=O) groups excluding carboxylic acids is 1. The van der Waals surface area contributed by atoms with Gasteiger partial charge in [-0.2, -0.15) is 0 Å². The third-order valence-electron chi connectivity index (χ3n) is 5.91. The molecular formula is C22H28N6O3. The van der Waals surface area contributed by atoms with Crippen LogP contribution in [-0.4, -0.2) is 69.6 Å². The van der Waals surface area contributed by atoms with E-state index in [1.54, 1.807) is 21.9 Å².